The number of rotatable bonds is 9. The van der Waals surface area contributed by atoms with Crippen LogP contribution in [0.5, 0.6) is 0 Å². The lowest BCUT2D eigenvalue weighted by Gasteiger charge is -2.44. The van der Waals surface area contributed by atoms with Gasteiger partial charge in [-0.15, -0.1) is 0 Å². The van der Waals surface area contributed by atoms with Crippen LogP contribution in [0.2, 0.25) is 0 Å². The van der Waals surface area contributed by atoms with Gasteiger partial charge in [0.25, 0.3) is 0 Å². The minimum absolute atomic E-state index is 0.00750. The Hall–Kier alpha value is -2.86. The summed E-state index contributed by atoms with van der Waals surface area (Å²) in [7, 11) is 0. The van der Waals surface area contributed by atoms with E-state index in [4.69, 9.17) is 14.6 Å². The maximum absolute atomic E-state index is 11.1. The molecule has 9 heteroatoms. The summed E-state index contributed by atoms with van der Waals surface area (Å²) in [5, 5.41) is 8.89. The normalized spacial score (nSPS) is 21.9. The maximum Gasteiger partial charge on any atom is 0.333 e. The van der Waals surface area contributed by atoms with Crippen LogP contribution in [-0.2, 0) is 28.7 Å². The monoisotopic (exact) mass is 450 g/mol. The van der Waals surface area contributed by atoms with Crippen LogP contribution >= 0.6 is 0 Å². The van der Waals surface area contributed by atoms with Crippen molar-refractivity contribution >= 4 is 24.1 Å². The van der Waals surface area contributed by atoms with Gasteiger partial charge < -0.3 is 14.6 Å². The Labute approximate surface area is 189 Å². The number of isocyanates is 2. The first-order valence-corrected chi connectivity index (χ1v) is 10.2. The number of aliphatic hydroxyl groups is 1. The Balaban J connectivity index is 0.000000601. The molecule has 0 saturated heterocycles. The van der Waals surface area contributed by atoms with E-state index in [1.807, 2.05) is 0 Å². The lowest BCUT2D eigenvalue weighted by molar-refractivity contribution is -0.156. The van der Waals surface area contributed by atoms with Gasteiger partial charge in [-0.2, -0.15) is 0 Å². The van der Waals surface area contributed by atoms with Crippen LogP contribution < -0.4 is 0 Å². The zero-order valence-electron chi connectivity index (χ0n) is 19.6. The number of esters is 2. The molecule has 0 aromatic rings. The SMILES string of the molecule is C=C(C)C(=O)OCC(CO)OC(=O)C(=C)C.CC1(C)CC(N=C=O)CC(C)(CN=C=O)C1. The maximum atomic E-state index is 11.1. The largest absolute Gasteiger partial charge is 0.458 e. The number of carbonyl (C=O) groups is 2. The van der Waals surface area contributed by atoms with Gasteiger partial charge in [0.15, 0.2) is 6.10 Å². The number of ether oxygens (including phenoxy) is 2. The van der Waals surface area contributed by atoms with Crippen LogP contribution in [0.1, 0.15) is 53.9 Å². The Bertz CT molecular complexity index is 792. The van der Waals surface area contributed by atoms with Gasteiger partial charge in [0.1, 0.15) is 6.61 Å². The molecule has 1 N–H and O–H groups in total. The number of nitrogens with zero attached hydrogens (tertiary/aromatic N) is 2. The van der Waals surface area contributed by atoms with Crippen LogP contribution in [0.3, 0.4) is 0 Å². The molecular weight excluding hydrogens is 416 g/mol. The predicted octanol–water partition coefficient (Wildman–Crippen LogP) is 2.83. The molecule has 1 aliphatic carbocycles. The summed E-state index contributed by atoms with van der Waals surface area (Å²) in [6, 6.07) is 0.00750. The molecule has 0 aromatic heterocycles. The Morgan fingerprint density at radius 2 is 1.69 bits per heavy atom. The third-order valence-electron chi connectivity index (χ3n) is 4.76. The summed E-state index contributed by atoms with van der Waals surface area (Å²) < 4.78 is 9.53. The first-order chi connectivity index (χ1) is 14.8. The fourth-order valence-electron chi connectivity index (χ4n) is 3.76. The number of hydrogen-bond donors (Lipinski definition) is 1. The smallest absolute Gasteiger partial charge is 0.333 e. The third kappa shape index (κ3) is 11.5. The highest BCUT2D eigenvalue weighted by Gasteiger charge is 2.41. The summed E-state index contributed by atoms with van der Waals surface area (Å²) in [5.74, 6) is -1.23. The zero-order chi connectivity index (χ0) is 24.9. The van der Waals surface area contributed by atoms with Crippen LogP contribution in [0.15, 0.2) is 34.3 Å². The molecular formula is C23H34N2O7. The standard InChI is InChI=1S/C12H18N2O2.C11H16O5/c1-11(2)4-10(14-9-16)5-12(3,6-11)7-13-8-15;1-7(2)10(13)15-6-9(5-12)16-11(14)8(3)4/h10H,4-7H2,1-3H3;9,12H,1,3,5-6H2,2,4H3. The average molecular weight is 451 g/mol. The molecule has 0 spiro atoms. The van der Waals surface area contributed by atoms with Gasteiger partial charge in [-0.1, -0.05) is 33.9 Å². The van der Waals surface area contributed by atoms with E-state index in [9.17, 15) is 19.2 Å². The molecule has 0 heterocycles. The quantitative estimate of drug-likeness (QED) is 0.247. The van der Waals surface area contributed by atoms with Crippen molar-refractivity contribution in [3.05, 3.63) is 24.3 Å². The van der Waals surface area contributed by atoms with E-state index < -0.39 is 24.6 Å². The van der Waals surface area contributed by atoms with Crippen LogP contribution in [0.4, 0.5) is 0 Å². The summed E-state index contributed by atoms with van der Waals surface area (Å²) in [5.41, 5.74) is 0.508. The van der Waals surface area contributed by atoms with Crippen LogP contribution in [0.25, 0.3) is 0 Å². The van der Waals surface area contributed by atoms with E-state index in [1.165, 1.54) is 13.8 Å². The molecule has 0 amide bonds. The van der Waals surface area contributed by atoms with Gasteiger partial charge >= 0.3 is 11.9 Å². The zero-order valence-corrected chi connectivity index (χ0v) is 19.6. The molecule has 3 unspecified atom stereocenters. The minimum Gasteiger partial charge on any atom is -0.458 e. The van der Waals surface area contributed by atoms with Crippen LogP contribution in [0, 0.1) is 10.8 Å². The van der Waals surface area contributed by atoms with Gasteiger partial charge in [-0.25, -0.2) is 29.2 Å². The van der Waals surface area contributed by atoms with Crippen molar-refractivity contribution in [3.8, 4) is 0 Å². The van der Waals surface area contributed by atoms with Crippen molar-refractivity contribution in [2.75, 3.05) is 19.8 Å². The average Bonchev–Trinajstić information content (AvgIpc) is 2.68. The molecule has 1 saturated carbocycles. The van der Waals surface area contributed by atoms with E-state index in [1.54, 1.807) is 12.2 Å². The highest BCUT2D eigenvalue weighted by atomic mass is 16.6. The van der Waals surface area contributed by atoms with Gasteiger partial charge in [0, 0.05) is 11.1 Å². The Kier molecular flexibility index (Phi) is 12.3. The highest BCUT2D eigenvalue weighted by Crippen LogP contribution is 2.47. The summed E-state index contributed by atoms with van der Waals surface area (Å²) in [4.78, 5) is 50.2. The van der Waals surface area contributed by atoms with Crippen molar-refractivity contribution in [2.45, 2.75) is 66.0 Å². The van der Waals surface area contributed by atoms with E-state index >= 15 is 0 Å². The van der Waals surface area contributed by atoms with Gasteiger partial charge in [-0.05, 0) is 43.9 Å². The fraction of sp³-hybridized carbons (Fsp3) is 0.652. The van der Waals surface area contributed by atoms with Crippen molar-refractivity contribution in [2.24, 2.45) is 20.8 Å². The van der Waals surface area contributed by atoms with Crippen molar-refractivity contribution in [1.82, 2.24) is 0 Å². The molecule has 0 bridgehead atoms. The molecule has 9 nitrogen and oxygen atoms in total. The molecule has 1 fully saturated rings. The summed E-state index contributed by atoms with van der Waals surface area (Å²) in [6.07, 6.45) is 5.00. The molecule has 178 valence electrons. The van der Waals surface area contributed by atoms with Gasteiger partial charge in [0.2, 0.25) is 12.2 Å². The Morgan fingerprint density at radius 3 is 2.16 bits per heavy atom. The first-order valence-electron chi connectivity index (χ1n) is 10.2. The van der Waals surface area contributed by atoms with Gasteiger partial charge in [-0.3, -0.25) is 0 Å². The lowest BCUT2D eigenvalue weighted by Crippen LogP contribution is -2.39. The molecule has 0 aromatic carbocycles. The van der Waals surface area contributed by atoms with Gasteiger partial charge in [0.05, 0.1) is 19.2 Å². The first kappa shape index (κ1) is 29.1. The third-order valence-corrected chi connectivity index (χ3v) is 4.76. The van der Waals surface area contributed by atoms with Crippen molar-refractivity contribution in [1.29, 1.82) is 0 Å². The predicted molar refractivity (Wildman–Crippen MR) is 118 cm³/mol. The topological polar surface area (TPSA) is 132 Å². The van der Waals surface area contributed by atoms with Crippen molar-refractivity contribution < 1.29 is 33.8 Å². The second-order valence-electron chi connectivity index (χ2n) is 9.21. The molecule has 1 aliphatic rings. The second-order valence-corrected chi connectivity index (χ2v) is 9.21. The van der Waals surface area contributed by atoms with E-state index in [0.29, 0.717) is 6.54 Å². The van der Waals surface area contributed by atoms with E-state index in [0.717, 1.165) is 19.3 Å². The van der Waals surface area contributed by atoms with Crippen molar-refractivity contribution in [3.63, 3.8) is 0 Å². The summed E-state index contributed by atoms with van der Waals surface area (Å²) >= 11 is 0. The highest BCUT2D eigenvalue weighted by molar-refractivity contribution is 5.87. The molecule has 1 rings (SSSR count). The lowest BCUT2D eigenvalue weighted by atomic mass is 9.63. The summed E-state index contributed by atoms with van der Waals surface area (Å²) in [6.45, 7) is 16.0. The number of hydrogen-bond acceptors (Lipinski definition) is 9. The minimum atomic E-state index is -0.882. The Morgan fingerprint density at radius 1 is 1.09 bits per heavy atom. The van der Waals surface area contributed by atoms with E-state index in [-0.39, 0.29) is 34.6 Å². The molecule has 32 heavy (non-hydrogen) atoms. The number of aliphatic hydroxyl groups excluding tert-OH is 1. The molecule has 0 radical (unpaired) electrons. The number of aliphatic imine (C=N–C) groups is 2. The second kappa shape index (κ2) is 13.5. The molecule has 3 atom stereocenters. The number of carbonyl (C=O) groups excluding carboxylic acids is 4. The fourth-order valence-corrected chi connectivity index (χ4v) is 3.76. The van der Waals surface area contributed by atoms with E-state index in [2.05, 4.69) is 43.9 Å². The molecule has 0 aliphatic heterocycles. The van der Waals surface area contributed by atoms with Crippen LogP contribution in [-0.4, -0.2) is 61.1 Å².